The number of ether oxygens (including phenoxy) is 1. The lowest BCUT2D eigenvalue weighted by Crippen LogP contribution is -2.40. The number of nitrogens with one attached hydrogen (secondary N) is 1. The molecule has 82 valence electrons. The number of rotatable bonds is 6. The van der Waals surface area contributed by atoms with Crippen LogP contribution in [0.15, 0.2) is 12.2 Å². The average Bonchev–Trinajstić information content (AvgIpc) is 2.03. The average molecular weight is 199 g/mol. The van der Waals surface area contributed by atoms with Crippen molar-refractivity contribution in [1.82, 2.24) is 5.32 Å². The van der Waals surface area contributed by atoms with Gasteiger partial charge < -0.3 is 10.1 Å². The molecule has 1 N–H and O–H groups in total. The first kappa shape index (κ1) is 13.2. The molecule has 0 fully saturated rings. The Balaban J connectivity index is 3.73. The number of hydrogen-bond donors (Lipinski definition) is 1. The lowest BCUT2D eigenvalue weighted by Gasteiger charge is -2.25. The van der Waals surface area contributed by atoms with Crippen LogP contribution >= 0.6 is 0 Å². The van der Waals surface area contributed by atoms with Gasteiger partial charge in [-0.1, -0.05) is 13.5 Å². The van der Waals surface area contributed by atoms with E-state index in [4.69, 9.17) is 4.74 Å². The second kappa shape index (κ2) is 5.81. The quantitative estimate of drug-likeness (QED) is 0.524. The molecule has 0 saturated carbocycles. The van der Waals surface area contributed by atoms with Crippen molar-refractivity contribution in [1.29, 1.82) is 0 Å². The molecular formula is C11H21NO2. The standard InChI is InChI=1S/C11H21NO2/c1-6-12-11(4,5)7-8-14-10(13)9(2)3/h12H,2,6-8H2,1,3-5H3. The summed E-state index contributed by atoms with van der Waals surface area (Å²) < 4.78 is 5.01. The van der Waals surface area contributed by atoms with Gasteiger partial charge in [-0.25, -0.2) is 4.79 Å². The Morgan fingerprint density at radius 3 is 2.50 bits per heavy atom. The van der Waals surface area contributed by atoms with Gasteiger partial charge in [-0.05, 0) is 33.7 Å². The van der Waals surface area contributed by atoms with Crippen LogP contribution in [-0.2, 0) is 9.53 Å². The molecule has 0 aliphatic rings. The first-order valence-corrected chi connectivity index (χ1v) is 4.96. The summed E-state index contributed by atoms with van der Waals surface area (Å²) in [5.74, 6) is -0.308. The molecule has 0 aromatic rings. The number of hydrogen-bond acceptors (Lipinski definition) is 3. The molecule has 14 heavy (non-hydrogen) atoms. The van der Waals surface area contributed by atoms with Crippen molar-refractivity contribution in [3.63, 3.8) is 0 Å². The Labute approximate surface area is 86.5 Å². The van der Waals surface area contributed by atoms with E-state index >= 15 is 0 Å². The summed E-state index contributed by atoms with van der Waals surface area (Å²) in [5, 5.41) is 3.31. The molecular weight excluding hydrogens is 178 g/mol. The van der Waals surface area contributed by atoms with Gasteiger partial charge in [0.2, 0.25) is 0 Å². The van der Waals surface area contributed by atoms with Crippen LogP contribution in [0.2, 0.25) is 0 Å². The molecule has 0 rings (SSSR count). The fourth-order valence-corrected chi connectivity index (χ4v) is 1.09. The van der Waals surface area contributed by atoms with Crippen molar-refractivity contribution in [2.45, 2.75) is 39.7 Å². The van der Waals surface area contributed by atoms with Crippen LogP contribution in [0.25, 0.3) is 0 Å². The molecule has 0 radical (unpaired) electrons. The Hall–Kier alpha value is -0.830. The first-order chi connectivity index (χ1) is 6.39. The van der Waals surface area contributed by atoms with E-state index in [2.05, 4.69) is 32.7 Å². The predicted octanol–water partition coefficient (Wildman–Crippen LogP) is 1.88. The van der Waals surface area contributed by atoms with Crippen LogP contribution in [0.5, 0.6) is 0 Å². The smallest absolute Gasteiger partial charge is 0.333 e. The SMILES string of the molecule is C=C(C)C(=O)OCCC(C)(C)NCC. The van der Waals surface area contributed by atoms with Gasteiger partial charge in [0.15, 0.2) is 0 Å². The van der Waals surface area contributed by atoms with Crippen molar-refractivity contribution < 1.29 is 9.53 Å². The molecule has 3 heteroatoms. The fraction of sp³-hybridized carbons (Fsp3) is 0.727. The lowest BCUT2D eigenvalue weighted by molar-refractivity contribution is -0.139. The van der Waals surface area contributed by atoms with Gasteiger partial charge in [-0.3, -0.25) is 0 Å². The largest absolute Gasteiger partial charge is 0.462 e. The molecule has 0 bridgehead atoms. The van der Waals surface area contributed by atoms with Crippen molar-refractivity contribution in [3.05, 3.63) is 12.2 Å². The zero-order valence-electron chi connectivity index (χ0n) is 9.64. The van der Waals surface area contributed by atoms with Gasteiger partial charge >= 0.3 is 5.97 Å². The molecule has 0 aromatic heterocycles. The summed E-state index contributed by atoms with van der Waals surface area (Å²) in [6.07, 6.45) is 0.805. The molecule has 0 aromatic carbocycles. The second-order valence-corrected chi connectivity index (χ2v) is 4.08. The summed E-state index contributed by atoms with van der Waals surface area (Å²) in [4.78, 5) is 11.0. The third-order valence-corrected chi connectivity index (χ3v) is 1.96. The molecule has 0 heterocycles. The van der Waals surface area contributed by atoms with E-state index in [1.54, 1.807) is 6.92 Å². The molecule has 0 aliphatic carbocycles. The predicted molar refractivity (Wildman–Crippen MR) is 58.1 cm³/mol. The molecule has 0 aliphatic heterocycles. The number of carbonyl (C=O) groups excluding carboxylic acids is 1. The zero-order chi connectivity index (χ0) is 11.2. The van der Waals surface area contributed by atoms with Crippen LogP contribution in [0.3, 0.4) is 0 Å². The van der Waals surface area contributed by atoms with Gasteiger partial charge in [0.05, 0.1) is 6.61 Å². The van der Waals surface area contributed by atoms with Gasteiger partial charge in [0.25, 0.3) is 0 Å². The molecule has 0 saturated heterocycles. The van der Waals surface area contributed by atoms with Crippen LogP contribution in [-0.4, -0.2) is 24.7 Å². The van der Waals surface area contributed by atoms with Crippen LogP contribution in [0.4, 0.5) is 0 Å². The van der Waals surface area contributed by atoms with Gasteiger partial charge in [-0.2, -0.15) is 0 Å². The van der Waals surface area contributed by atoms with E-state index in [1.807, 2.05) is 0 Å². The van der Waals surface area contributed by atoms with Gasteiger partial charge in [0, 0.05) is 11.1 Å². The maximum absolute atomic E-state index is 11.0. The minimum Gasteiger partial charge on any atom is -0.462 e. The highest BCUT2D eigenvalue weighted by Gasteiger charge is 2.16. The van der Waals surface area contributed by atoms with Crippen molar-refractivity contribution in [3.8, 4) is 0 Å². The fourth-order valence-electron chi connectivity index (χ4n) is 1.09. The van der Waals surface area contributed by atoms with E-state index < -0.39 is 0 Å². The topological polar surface area (TPSA) is 38.3 Å². The summed E-state index contributed by atoms with van der Waals surface area (Å²) in [7, 11) is 0. The Bertz CT molecular complexity index is 209. The second-order valence-electron chi connectivity index (χ2n) is 4.08. The van der Waals surface area contributed by atoms with Crippen molar-refractivity contribution in [2.75, 3.05) is 13.2 Å². The highest BCUT2D eigenvalue weighted by Crippen LogP contribution is 2.08. The molecule has 3 nitrogen and oxygen atoms in total. The molecule has 0 amide bonds. The first-order valence-electron chi connectivity index (χ1n) is 4.96. The van der Waals surface area contributed by atoms with E-state index in [9.17, 15) is 4.79 Å². The molecule has 0 unspecified atom stereocenters. The van der Waals surface area contributed by atoms with Crippen molar-refractivity contribution in [2.24, 2.45) is 0 Å². The molecule has 0 spiro atoms. The Kier molecular flexibility index (Phi) is 5.46. The number of carbonyl (C=O) groups is 1. The normalized spacial score (nSPS) is 11.1. The Morgan fingerprint density at radius 1 is 1.50 bits per heavy atom. The maximum Gasteiger partial charge on any atom is 0.333 e. The van der Waals surface area contributed by atoms with E-state index in [0.717, 1.165) is 13.0 Å². The van der Waals surface area contributed by atoms with E-state index in [0.29, 0.717) is 12.2 Å². The lowest BCUT2D eigenvalue weighted by atomic mass is 10.0. The van der Waals surface area contributed by atoms with Gasteiger partial charge in [0.1, 0.15) is 0 Å². The van der Waals surface area contributed by atoms with Crippen LogP contribution in [0, 0.1) is 0 Å². The van der Waals surface area contributed by atoms with E-state index in [1.165, 1.54) is 0 Å². The van der Waals surface area contributed by atoms with E-state index in [-0.39, 0.29) is 11.5 Å². The maximum atomic E-state index is 11.0. The zero-order valence-corrected chi connectivity index (χ0v) is 9.64. The van der Waals surface area contributed by atoms with Crippen molar-refractivity contribution >= 4 is 5.97 Å². The summed E-state index contributed by atoms with van der Waals surface area (Å²) in [6, 6.07) is 0. The Morgan fingerprint density at radius 2 is 2.07 bits per heavy atom. The third-order valence-electron chi connectivity index (χ3n) is 1.96. The minimum atomic E-state index is -0.308. The highest BCUT2D eigenvalue weighted by molar-refractivity contribution is 5.86. The minimum absolute atomic E-state index is 0.0180. The van der Waals surface area contributed by atoms with Crippen LogP contribution in [0.1, 0.15) is 34.1 Å². The van der Waals surface area contributed by atoms with Crippen LogP contribution < -0.4 is 5.32 Å². The number of esters is 1. The monoisotopic (exact) mass is 199 g/mol. The van der Waals surface area contributed by atoms with Gasteiger partial charge in [-0.15, -0.1) is 0 Å². The summed E-state index contributed by atoms with van der Waals surface area (Å²) in [5.41, 5.74) is 0.468. The summed E-state index contributed by atoms with van der Waals surface area (Å²) >= 11 is 0. The highest BCUT2D eigenvalue weighted by atomic mass is 16.5. The third kappa shape index (κ3) is 5.75. The molecule has 0 atom stereocenters. The summed E-state index contributed by atoms with van der Waals surface area (Å²) in [6.45, 7) is 12.8.